The molecule has 0 saturated carbocycles. The molecule has 0 radical (unpaired) electrons. The van der Waals surface area contributed by atoms with E-state index >= 15 is 0 Å². The minimum atomic E-state index is 0.658. The Morgan fingerprint density at radius 1 is 1.43 bits per heavy atom. The molecule has 14 heavy (non-hydrogen) atoms. The van der Waals surface area contributed by atoms with Crippen molar-refractivity contribution in [1.29, 1.82) is 0 Å². The first-order chi connectivity index (χ1) is 6.72. The fourth-order valence-corrected chi connectivity index (χ4v) is 2.75. The molecule has 0 N–H and O–H groups in total. The molecule has 2 rings (SSSR count). The summed E-state index contributed by atoms with van der Waals surface area (Å²) in [7, 11) is 0. The standard InChI is InChI=1S/C11H11ClOS/c1-3-13-11-10(12)8-6-7(2)4-5-9(8)14-11/h4-6H,3H2,1-2H3. The van der Waals surface area contributed by atoms with Crippen molar-refractivity contribution in [2.75, 3.05) is 6.61 Å². The molecule has 1 aromatic carbocycles. The predicted molar refractivity (Wildman–Crippen MR) is 62.7 cm³/mol. The van der Waals surface area contributed by atoms with Crippen molar-refractivity contribution in [3.63, 3.8) is 0 Å². The Hall–Kier alpha value is -0.730. The fourth-order valence-electron chi connectivity index (χ4n) is 1.38. The van der Waals surface area contributed by atoms with E-state index in [1.807, 2.05) is 6.92 Å². The van der Waals surface area contributed by atoms with Crippen LogP contribution in [0, 0.1) is 6.92 Å². The fraction of sp³-hybridized carbons (Fsp3) is 0.273. The van der Waals surface area contributed by atoms with Crippen LogP contribution in [0.3, 0.4) is 0 Å². The topological polar surface area (TPSA) is 9.23 Å². The van der Waals surface area contributed by atoms with Crippen LogP contribution in [-0.2, 0) is 0 Å². The molecule has 0 atom stereocenters. The SMILES string of the molecule is CCOc1sc2ccc(C)cc2c1Cl. The van der Waals surface area contributed by atoms with Crippen LogP contribution >= 0.6 is 22.9 Å². The predicted octanol–water partition coefficient (Wildman–Crippen LogP) is 4.26. The highest BCUT2D eigenvalue weighted by Gasteiger charge is 2.10. The molecule has 0 amide bonds. The number of ether oxygens (including phenoxy) is 1. The van der Waals surface area contributed by atoms with E-state index in [2.05, 4.69) is 25.1 Å². The second kappa shape index (κ2) is 3.79. The van der Waals surface area contributed by atoms with Gasteiger partial charge in [0.1, 0.15) is 5.02 Å². The maximum atomic E-state index is 6.19. The van der Waals surface area contributed by atoms with E-state index in [0.29, 0.717) is 6.61 Å². The summed E-state index contributed by atoms with van der Waals surface area (Å²) in [6.45, 7) is 4.69. The van der Waals surface area contributed by atoms with Gasteiger partial charge in [-0.2, -0.15) is 0 Å². The second-order valence-corrected chi connectivity index (χ2v) is 4.53. The molecule has 2 aromatic rings. The van der Waals surface area contributed by atoms with E-state index in [1.165, 1.54) is 10.3 Å². The van der Waals surface area contributed by atoms with E-state index in [4.69, 9.17) is 16.3 Å². The largest absolute Gasteiger partial charge is 0.483 e. The zero-order chi connectivity index (χ0) is 10.1. The maximum Gasteiger partial charge on any atom is 0.193 e. The summed E-state index contributed by atoms with van der Waals surface area (Å²) in [5.41, 5.74) is 1.22. The highest BCUT2D eigenvalue weighted by Crippen LogP contribution is 2.41. The minimum absolute atomic E-state index is 0.658. The lowest BCUT2D eigenvalue weighted by molar-refractivity contribution is 0.351. The van der Waals surface area contributed by atoms with Gasteiger partial charge in [-0.05, 0) is 26.0 Å². The van der Waals surface area contributed by atoms with Crippen molar-refractivity contribution >= 4 is 33.0 Å². The van der Waals surface area contributed by atoms with Crippen LogP contribution in [0.15, 0.2) is 18.2 Å². The molecule has 74 valence electrons. The van der Waals surface area contributed by atoms with Crippen molar-refractivity contribution in [2.45, 2.75) is 13.8 Å². The molecular formula is C11H11ClOS. The highest BCUT2D eigenvalue weighted by molar-refractivity contribution is 7.21. The Bertz CT molecular complexity index is 462. The van der Waals surface area contributed by atoms with Gasteiger partial charge >= 0.3 is 0 Å². The van der Waals surface area contributed by atoms with E-state index < -0.39 is 0 Å². The van der Waals surface area contributed by atoms with Crippen molar-refractivity contribution in [3.05, 3.63) is 28.8 Å². The lowest BCUT2D eigenvalue weighted by Gasteiger charge is -1.97. The average Bonchev–Trinajstić information content (AvgIpc) is 2.46. The number of fused-ring (bicyclic) bond motifs is 1. The summed E-state index contributed by atoms with van der Waals surface area (Å²) in [6, 6.07) is 6.27. The number of hydrogen-bond donors (Lipinski definition) is 0. The number of benzene rings is 1. The summed E-state index contributed by atoms with van der Waals surface area (Å²) in [6.07, 6.45) is 0. The maximum absolute atomic E-state index is 6.19. The van der Waals surface area contributed by atoms with Crippen LogP contribution < -0.4 is 4.74 Å². The Labute approximate surface area is 92.3 Å². The Morgan fingerprint density at radius 2 is 2.21 bits per heavy atom. The van der Waals surface area contributed by atoms with Gasteiger partial charge in [0.25, 0.3) is 0 Å². The van der Waals surface area contributed by atoms with Gasteiger partial charge in [0, 0.05) is 10.1 Å². The number of aryl methyl sites for hydroxylation is 1. The summed E-state index contributed by atoms with van der Waals surface area (Å²) in [4.78, 5) is 0. The van der Waals surface area contributed by atoms with Gasteiger partial charge in [-0.1, -0.05) is 34.6 Å². The summed E-state index contributed by atoms with van der Waals surface area (Å²) < 4.78 is 6.63. The summed E-state index contributed by atoms with van der Waals surface area (Å²) >= 11 is 7.80. The monoisotopic (exact) mass is 226 g/mol. The van der Waals surface area contributed by atoms with Crippen molar-refractivity contribution in [3.8, 4) is 5.06 Å². The van der Waals surface area contributed by atoms with E-state index in [9.17, 15) is 0 Å². The van der Waals surface area contributed by atoms with Crippen LogP contribution in [0.25, 0.3) is 10.1 Å². The smallest absolute Gasteiger partial charge is 0.193 e. The van der Waals surface area contributed by atoms with Gasteiger partial charge in [0.2, 0.25) is 0 Å². The molecular weight excluding hydrogens is 216 g/mol. The minimum Gasteiger partial charge on any atom is -0.483 e. The summed E-state index contributed by atoms with van der Waals surface area (Å²) in [5.74, 6) is 0. The third-order valence-corrected chi connectivity index (χ3v) is 3.60. The first-order valence-electron chi connectivity index (χ1n) is 4.54. The number of rotatable bonds is 2. The molecule has 1 aromatic heterocycles. The molecule has 0 aliphatic rings. The summed E-state index contributed by atoms with van der Waals surface area (Å²) in [5, 5.41) is 2.67. The molecule has 0 aliphatic carbocycles. The number of thiophene rings is 1. The van der Waals surface area contributed by atoms with Gasteiger partial charge in [-0.3, -0.25) is 0 Å². The lowest BCUT2D eigenvalue weighted by atomic mass is 10.2. The van der Waals surface area contributed by atoms with Gasteiger partial charge in [-0.15, -0.1) is 0 Å². The number of halogens is 1. The van der Waals surface area contributed by atoms with Crippen LogP contribution in [0.5, 0.6) is 5.06 Å². The third-order valence-electron chi connectivity index (χ3n) is 2.03. The van der Waals surface area contributed by atoms with E-state index in [0.717, 1.165) is 15.5 Å². The van der Waals surface area contributed by atoms with Crippen LogP contribution in [0.4, 0.5) is 0 Å². The van der Waals surface area contributed by atoms with Crippen molar-refractivity contribution < 1.29 is 4.74 Å². The van der Waals surface area contributed by atoms with Crippen molar-refractivity contribution in [2.24, 2.45) is 0 Å². The molecule has 1 heterocycles. The average molecular weight is 227 g/mol. The Morgan fingerprint density at radius 3 is 2.93 bits per heavy atom. The molecule has 0 unspecified atom stereocenters. The molecule has 1 nitrogen and oxygen atoms in total. The molecule has 0 spiro atoms. The van der Waals surface area contributed by atoms with Gasteiger partial charge in [0.15, 0.2) is 5.06 Å². The molecule has 0 saturated heterocycles. The molecule has 3 heteroatoms. The van der Waals surface area contributed by atoms with Crippen molar-refractivity contribution in [1.82, 2.24) is 0 Å². The van der Waals surface area contributed by atoms with Crippen LogP contribution in [-0.4, -0.2) is 6.61 Å². The zero-order valence-electron chi connectivity index (χ0n) is 8.13. The van der Waals surface area contributed by atoms with Gasteiger partial charge in [0.05, 0.1) is 6.61 Å². The second-order valence-electron chi connectivity index (χ2n) is 3.14. The zero-order valence-corrected chi connectivity index (χ0v) is 9.71. The van der Waals surface area contributed by atoms with Gasteiger partial charge in [-0.25, -0.2) is 0 Å². The Balaban J connectivity index is 2.62. The lowest BCUT2D eigenvalue weighted by Crippen LogP contribution is -1.87. The van der Waals surface area contributed by atoms with E-state index in [1.54, 1.807) is 11.3 Å². The van der Waals surface area contributed by atoms with Gasteiger partial charge < -0.3 is 4.74 Å². The molecule has 0 aliphatic heterocycles. The quantitative estimate of drug-likeness (QED) is 0.744. The third kappa shape index (κ3) is 1.60. The highest BCUT2D eigenvalue weighted by atomic mass is 35.5. The first kappa shape index (κ1) is 9.81. The Kier molecular flexibility index (Phi) is 2.66. The number of hydrogen-bond acceptors (Lipinski definition) is 2. The van der Waals surface area contributed by atoms with Crippen LogP contribution in [0.2, 0.25) is 5.02 Å². The van der Waals surface area contributed by atoms with E-state index in [-0.39, 0.29) is 0 Å². The van der Waals surface area contributed by atoms with Crippen LogP contribution in [0.1, 0.15) is 12.5 Å². The first-order valence-corrected chi connectivity index (χ1v) is 5.73. The molecule has 0 bridgehead atoms. The normalized spacial score (nSPS) is 10.8. The molecule has 0 fully saturated rings.